The molecular weight excluding hydrogens is 278 g/mol. The monoisotopic (exact) mass is 298 g/mol. The van der Waals surface area contributed by atoms with Crippen molar-refractivity contribution in [2.75, 3.05) is 6.61 Å². The van der Waals surface area contributed by atoms with Crippen LogP contribution in [0.1, 0.15) is 41.3 Å². The van der Waals surface area contributed by atoms with E-state index in [0.29, 0.717) is 23.8 Å². The van der Waals surface area contributed by atoms with Gasteiger partial charge >= 0.3 is 0 Å². The highest BCUT2D eigenvalue weighted by atomic mass is 16.5. The predicted molar refractivity (Wildman–Crippen MR) is 80.8 cm³/mol. The maximum absolute atomic E-state index is 9.22. The Balaban J connectivity index is 1.98. The minimum Gasteiger partial charge on any atom is -0.449 e. The number of aliphatic hydroxyl groups is 1. The molecule has 114 valence electrons. The van der Waals surface area contributed by atoms with Gasteiger partial charge in [-0.05, 0) is 50.5 Å². The summed E-state index contributed by atoms with van der Waals surface area (Å²) in [6.07, 6.45) is 2.30. The van der Waals surface area contributed by atoms with E-state index in [4.69, 9.17) is 10.00 Å². The Kier molecular flexibility index (Phi) is 3.86. The van der Waals surface area contributed by atoms with Crippen molar-refractivity contribution >= 4 is 0 Å². The van der Waals surface area contributed by atoms with Crippen molar-refractivity contribution in [3.63, 3.8) is 0 Å². The second-order valence-corrected chi connectivity index (χ2v) is 5.85. The molecule has 0 atom stereocenters. The van der Waals surface area contributed by atoms with Crippen LogP contribution in [0.4, 0.5) is 0 Å². The van der Waals surface area contributed by atoms with Crippen LogP contribution in [-0.4, -0.2) is 16.8 Å². The van der Waals surface area contributed by atoms with Crippen LogP contribution in [0.5, 0.6) is 11.5 Å². The summed E-state index contributed by atoms with van der Waals surface area (Å²) in [5.41, 5.74) is 3.65. The van der Waals surface area contributed by atoms with Gasteiger partial charge in [-0.25, -0.2) is 0 Å². The van der Waals surface area contributed by atoms with Gasteiger partial charge in [-0.2, -0.15) is 10.4 Å². The van der Waals surface area contributed by atoms with Gasteiger partial charge in [0, 0.05) is 0 Å². The topological polar surface area (TPSA) is 72.9 Å². The number of H-pyrrole nitrogens is 1. The highest BCUT2D eigenvalue weighted by Crippen LogP contribution is 2.44. The molecule has 0 radical (unpaired) electrons. The number of aromatic amines is 1. The van der Waals surface area contributed by atoms with Gasteiger partial charge in [0.05, 0.1) is 17.6 Å². The fourth-order valence-corrected chi connectivity index (χ4v) is 2.79. The Morgan fingerprint density at radius 1 is 1.36 bits per heavy atom. The van der Waals surface area contributed by atoms with Crippen molar-refractivity contribution in [3.8, 4) is 17.6 Å². The third kappa shape index (κ3) is 2.83. The number of benzene rings is 1. The average molecular weight is 298 g/mol. The van der Waals surface area contributed by atoms with Crippen LogP contribution in [0.15, 0.2) is 18.2 Å². The molecular formula is C17H20N3O2+. The van der Waals surface area contributed by atoms with Crippen LogP contribution in [0.25, 0.3) is 0 Å². The molecule has 5 nitrogen and oxygen atoms in total. The number of nitriles is 1. The minimum atomic E-state index is 0.0901. The molecule has 1 aromatic heterocycles. The summed E-state index contributed by atoms with van der Waals surface area (Å²) in [4.78, 5) is 0. The van der Waals surface area contributed by atoms with Crippen molar-refractivity contribution in [2.24, 2.45) is 0 Å². The highest BCUT2D eigenvalue weighted by molar-refractivity contribution is 5.44. The standard InChI is InChI=1S/C17H19N3O2/c1-11-7-13(10-18)9-15(8-11)22-17-12(2)19-20(5-6-21)16(17)14-3-4-14/h7-9,14,21H,3-6H2,1-2H3/p+1. The molecule has 0 unspecified atom stereocenters. The van der Waals surface area contributed by atoms with Gasteiger partial charge in [-0.1, -0.05) is 0 Å². The molecule has 1 saturated carbocycles. The Bertz CT molecular complexity index is 739. The number of hydrogen-bond donors (Lipinski definition) is 2. The molecule has 0 aliphatic heterocycles. The summed E-state index contributed by atoms with van der Waals surface area (Å²) in [5.74, 6) is 1.99. The zero-order chi connectivity index (χ0) is 15.7. The summed E-state index contributed by atoms with van der Waals surface area (Å²) in [7, 11) is 0. The highest BCUT2D eigenvalue weighted by Gasteiger charge is 2.39. The number of ether oxygens (including phenoxy) is 1. The SMILES string of the molecule is Cc1cc(C#N)cc(Oc2c(C)[nH][n+](CCO)c2C2CC2)c1. The van der Waals surface area contributed by atoms with Gasteiger partial charge in [0.2, 0.25) is 5.75 Å². The largest absolute Gasteiger partial charge is 0.449 e. The van der Waals surface area contributed by atoms with Crippen molar-refractivity contribution < 1.29 is 14.5 Å². The first-order valence-electron chi connectivity index (χ1n) is 7.55. The molecule has 1 fully saturated rings. The number of nitrogens with one attached hydrogen (secondary N) is 1. The van der Waals surface area contributed by atoms with E-state index in [1.54, 1.807) is 6.07 Å². The lowest BCUT2D eigenvalue weighted by Crippen LogP contribution is -2.41. The zero-order valence-corrected chi connectivity index (χ0v) is 12.9. The van der Waals surface area contributed by atoms with Crippen molar-refractivity contribution in [2.45, 2.75) is 39.2 Å². The Morgan fingerprint density at radius 3 is 2.77 bits per heavy atom. The summed E-state index contributed by atoms with van der Waals surface area (Å²) in [6, 6.07) is 7.68. The fraction of sp³-hybridized carbons (Fsp3) is 0.412. The summed E-state index contributed by atoms with van der Waals surface area (Å²) >= 11 is 0. The van der Waals surface area contributed by atoms with Crippen LogP contribution in [0, 0.1) is 25.2 Å². The van der Waals surface area contributed by atoms with Crippen LogP contribution in [-0.2, 0) is 6.54 Å². The third-order valence-corrected chi connectivity index (χ3v) is 3.85. The lowest BCUT2D eigenvalue weighted by atomic mass is 10.1. The van der Waals surface area contributed by atoms with E-state index in [1.807, 2.05) is 30.7 Å². The summed E-state index contributed by atoms with van der Waals surface area (Å²) in [6.45, 7) is 4.54. The van der Waals surface area contributed by atoms with Gasteiger partial charge in [-0.3, -0.25) is 0 Å². The van der Waals surface area contributed by atoms with Gasteiger partial charge in [-0.15, -0.1) is 4.68 Å². The molecule has 1 aromatic carbocycles. The van der Waals surface area contributed by atoms with E-state index in [0.717, 1.165) is 35.5 Å². The Morgan fingerprint density at radius 2 is 2.14 bits per heavy atom. The number of rotatable bonds is 5. The fourth-order valence-electron chi connectivity index (χ4n) is 2.79. The number of nitrogens with zero attached hydrogens (tertiary/aromatic N) is 2. The van der Waals surface area contributed by atoms with Crippen molar-refractivity contribution in [1.82, 2.24) is 5.10 Å². The molecule has 2 aromatic rings. The molecule has 1 aliphatic carbocycles. The molecule has 22 heavy (non-hydrogen) atoms. The quantitative estimate of drug-likeness (QED) is 0.833. The van der Waals surface area contributed by atoms with Crippen molar-refractivity contribution in [3.05, 3.63) is 40.7 Å². The van der Waals surface area contributed by atoms with E-state index in [1.165, 1.54) is 0 Å². The van der Waals surface area contributed by atoms with E-state index >= 15 is 0 Å². The van der Waals surface area contributed by atoms with Crippen molar-refractivity contribution in [1.29, 1.82) is 5.26 Å². The van der Waals surface area contributed by atoms with E-state index < -0.39 is 0 Å². The van der Waals surface area contributed by atoms with Gasteiger partial charge in [0.1, 0.15) is 18.1 Å². The molecule has 0 bridgehead atoms. The van der Waals surface area contributed by atoms with Crippen LogP contribution >= 0.6 is 0 Å². The second kappa shape index (κ2) is 5.82. The van der Waals surface area contributed by atoms with E-state index in [2.05, 4.69) is 11.2 Å². The van der Waals surface area contributed by atoms with Gasteiger partial charge in [0.25, 0.3) is 5.69 Å². The maximum atomic E-state index is 9.22. The second-order valence-electron chi connectivity index (χ2n) is 5.85. The van der Waals surface area contributed by atoms with Gasteiger partial charge in [0.15, 0.2) is 6.54 Å². The number of aromatic nitrogens is 2. The normalized spacial score (nSPS) is 13.9. The summed E-state index contributed by atoms with van der Waals surface area (Å²) in [5, 5.41) is 21.6. The first-order chi connectivity index (χ1) is 10.6. The molecule has 1 heterocycles. The van der Waals surface area contributed by atoms with Crippen LogP contribution in [0.3, 0.4) is 0 Å². The summed E-state index contributed by atoms with van der Waals surface area (Å²) < 4.78 is 8.08. The van der Waals surface area contributed by atoms with Crippen LogP contribution in [0.2, 0.25) is 0 Å². The first-order valence-corrected chi connectivity index (χ1v) is 7.55. The lowest BCUT2D eigenvalue weighted by Gasteiger charge is -2.06. The third-order valence-electron chi connectivity index (χ3n) is 3.85. The predicted octanol–water partition coefficient (Wildman–Crippen LogP) is 2.45. The maximum Gasteiger partial charge on any atom is 0.253 e. The molecule has 1 aliphatic rings. The number of hydrogen-bond acceptors (Lipinski definition) is 3. The van der Waals surface area contributed by atoms with E-state index in [-0.39, 0.29) is 6.61 Å². The van der Waals surface area contributed by atoms with E-state index in [9.17, 15) is 5.11 Å². The number of aliphatic hydroxyl groups excluding tert-OH is 1. The van der Waals surface area contributed by atoms with Crippen LogP contribution < -0.4 is 9.42 Å². The smallest absolute Gasteiger partial charge is 0.253 e. The Labute approximate surface area is 129 Å². The lowest BCUT2D eigenvalue weighted by molar-refractivity contribution is -0.757. The molecule has 2 N–H and O–H groups in total. The zero-order valence-electron chi connectivity index (χ0n) is 12.9. The first kappa shape index (κ1) is 14.6. The molecule has 3 rings (SSSR count). The average Bonchev–Trinajstić information content (AvgIpc) is 3.26. The molecule has 5 heteroatoms. The molecule has 0 spiro atoms. The Hall–Kier alpha value is -2.32. The molecule has 0 amide bonds. The molecule has 0 saturated heterocycles. The number of aryl methyl sites for hydroxylation is 2. The van der Waals surface area contributed by atoms with Gasteiger partial charge < -0.3 is 9.84 Å². The minimum absolute atomic E-state index is 0.0901.